The zero-order valence-corrected chi connectivity index (χ0v) is 25.1. The summed E-state index contributed by atoms with van der Waals surface area (Å²) in [5.74, 6) is -0.230. The third kappa shape index (κ3) is 6.31. The number of carbonyl (C=O) groups excluding carboxylic acids is 1. The molecule has 2 N–H and O–H groups in total. The molecule has 0 aliphatic carbocycles. The summed E-state index contributed by atoms with van der Waals surface area (Å²) in [4.78, 5) is 39.0. The number of aliphatic hydroxyl groups is 1. The van der Waals surface area contributed by atoms with Gasteiger partial charge in [-0.3, -0.25) is 19.1 Å². The molecular weight excluding hydrogens is 484 g/mol. The molecule has 1 aliphatic rings. The average molecular weight is 529 g/mol. The fraction of sp³-hybridized carbons (Fsp3) is 0.792. The first-order valence-corrected chi connectivity index (χ1v) is 17.9. The lowest BCUT2D eigenvalue weighted by atomic mass is 9.87. The van der Waals surface area contributed by atoms with Gasteiger partial charge >= 0.3 is 5.69 Å². The Kier molecular flexibility index (Phi) is 8.38. The zero-order valence-electron chi connectivity index (χ0n) is 23.1. The van der Waals surface area contributed by atoms with E-state index in [0.29, 0.717) is 0 Å². The predicted molar refractivity (Wildman–Crippen MR) is 141 cm³/mol. The zero-order chi connectivity index (χ0) is 27.2. The van der Waals surface area contributed by atoms with Crippen LogP contribution in [0.1, 0.15) is 61.1 Å². The SMILES string of the molecule is CC(=O)C[C@]1(O)[C@@H](CO[Si](C)(C)C(C)(C)C)O[C@@H](n2ccc(=O)[nH]c2=O)[C@@H]1O[Si](C)(C)C(C)(C)C. The van der Waals surface area contributed by atoms with Crippen LogP contribution < -0.4 is 11.2 Å². The van der Waals surface area contributed by atoms with Gasteiger partial charge in [0.2, 0.25) is 0 Å². The molecule has 2 heterocycles. The van der Waals surface area contributed by atoms with Crippen molar-refractivity contribution in [3.05, 3.63) is 33.1 Å². The van der Waals surface area contributed by atoms with Crippen LogP contribution in [-0.2, 0) is 18.4 Å². The molecule has 2 rings (SSSR count). The van der Waals surface area contributed by atoms with Crippen molar-refractivity contribution in [3.8, 4) is 0 Å². The van der Waals surface area contributed by atoms with Crippen molar-refractivity contribution in [1.29, 1.82) is 0 Å². The molecule has 0 spiro atoms. The van der Waals surface area contributed by atoms with E-state index in [-0.39, 0.29) is 28.9 Å². The molecule has 200 valence electrons. The first-order chi connectivity index (χ1) is 15.6. The summed E-state index contributed by atoms with van der Waals surface area (Å²) in [5, 5.41) is 11.8. The van der Waals surface area contributed by atoms with Crippen LogP contribution in [0, 0.1) is 0 Å². The van der Waals surface area contributed by atoms with Crippen molar-refractivity contribution < 1.29 is 23.5 Å². The second-order valence-corrected chi connectivity index (χ2v) is 22.3. The quantitative estimate of drug-likeness (QED) is 0.495. The Bertz CT molecular complexity index is 1040. The van der Waals surface area contributed by atoms with Crippen LogP contribution in [0.3, 0.4) is 0 Å². The van der Waals surface area contributed by atoms with Gasteiger partial charge in [-0.25, -0.2) is 4.79 Å². The number of nitrogens with one attached hydrogen (secondary N) is 1. The number of aromatic nitrogens is 2. The van der Waals surface area contributed by atoms with Gasteiger partial charge in [0.05, 0.1) is 6.61 Å². The highest BCUT2D eigenvalue weighted by Gasteiger charge is 2.60. The summed E-state index contributed by atoms with van der Waals surface area (Å²) in [6.45, 7) is 22.3. The van der Waals surface area contributed by atoms with Gasteiger partial charge in [0.1, 0.15) is 23.6 Å². The summed E-state index contributed by atoms with van der Waals surface area (Å²) in [6, 6.07) is 1.22. The molecule has 4 atom stereocenters. The molecule has 0 bridgehead atoms. The Labute approximate surface area is 210 Å². The highest BCUT2D eigenvalue weighted by atomic mass is 28.4. The second-order valence-electron chi connectivity index (χ2n) is 12.8. The van der Waals surface area contributed by atoms with Crippen molar-refractivity contribution in [2.75, 3.05) is 6.61 Å². The van der Waals surface area contributed by atoms with Crippen molar-refractivity contribution in [2.45, 2.75) is 115 Å². The summed E-state index contributed by atoms with van der Waals surface area (Å²) >= 11 is 0. The summed E-state index contributed by atoms with van der Waals surface area (Å²) in [5.41, 5.74) is -2.95. The molecule has 0 saturated carbocycles. The van der Waals surface area contributed by atoms with Crippen molar-refractivity contribution in [3.63, 3.8) is 0 Å². The lowest BCUT2D eigenvalue weighted by Crippen LogP contribution is -2.57. The number of hydrogen-bond acceptors (Lipinski definition) is 7. The van der Waals surface area contributed by atoms with Gasteiger partial charge in [-0.1, -0.05) is 41.5 Å². The number of ether oxygens (including phenoxy) is 1. The van der Waals surface area contributed by atoms with Gasteiger partial charge in [-0.2, -0.15) is 0 Å². The number of nitrogens with zero attached hydrogens (tertiary/aromatic N) is 1. The van der Waals surface area contributed by atoms with Crippen molar-refractivity contribution in [1.82, 2.24) is 9.55 Å². The van der Waals surface area contributed by atoms with E-state index in [4.69, 9.17) is 13.6 Å². The molecule has 1 aromatic heterocycles. The van der Waals surface area contributed by atoms with E-state index in [1.165, 1.54) is 23.8 Å². The Hall–Kier alpha value is -1.38. The van der Waals surface area contributed by atoms with Crippen LogP contribution in [0.4, 0.5) is 0 Å². The minimum atomic E-state index is -2.50. The number of rotatable bonds is 8. The Morgan fingerprint density at radius 1 is 1.11 bits per heavy atom. The van der Waals surface area contributed by atoms with Crippen molar-refractivity contribution in [2.24, 2.45) is 0 Å². The Balaban J connectivity index is 2.62. The molecule has 0 amide bonds. The molecule has 1 fully saturated rings. The van der Waals surface area contributed by atoms with E-state index in [9.17, 15) is 19.5 Å². The first-order valence-electron chi connectivity index (χ1n) is 12.1. The maximum atomic E-state index is 12.7. The number of aromatic amines is 1. The molecular formula is C24H44N2O7Si2. The topological polar surface area (TPSA) is 120 Å². The molecule has 1 aromatic rings. The summed E-state index contributed by atoms with van der Waals surface area (Å²) in [7, 11) is -4.72. The molecule has 0 unspecified atom stereocenters. The van der Waals surface area contributed by atoms with E-state index in [0.717, 1.165) is 0 Å². The highest BCUT2D eigenvalue weighted by molar-refractivity contribution is 6.74. The van der Waals surface area contributed by atoms with E-state index >= 15 is 0 Å². The Morgan fingerprint density at radius 3 is 2.11 bits per heavy atom. The summed E-state index contributed by atoms with van der Waals surface area (Å²) in [6.07, 6.45) is -1.88. The largest absolute Gasteiger partial charge is 0.414 e. The van der Waals surface area contributed by atoms with Crippen LogP contribution in [0.15, 0.2) is 21.9 Å². The van der Waals surface area contributed by atoms with E-state index < -0.39 is 51.9 Å². The first kappa shape index (κ1) is 29.9. The van der Waals surface area contributed by atoms with Crippen LogP contribution in [0.5, 0.6) is 0 Å². The minimum Gasteiger partial charge on any atom is -0.414 e. The Morgan fingerprint density at radius 2 is 1.66 bits per heavy atom. The smallest absolute Gasteiger partial charge is 0.330 e. The number of hydrogen-bond donors (Lipinski definition) is 2. The molecule has 1 saturated heterocycles. The fourth-order valence-electron chi connectivity index (χ4n) is 3.58. The maximum Gasteiger partial charge on any atom is 0.330 e. The number of carbonyl (C=O) groups is 1. The minimum absolute atomic E-state index is 0.0479. The third-order valence-electron chi connectivity index (χ3n) is 7.90. The molecule has 1 aliphatic heterocycles. The van der Waals surface area contributed by atoms with Gasteiger partial charge in [-0.15, -0.1) is 0 Å². The van der Waals surface area contributed by atoms with Crippen molar-refractivity contribution >= 4 is 22.4 Å². The molecule has 11 heteroatoms. The van der Waals surface area contributed by atoms with Gasteiger partial charge in [0.25, 0.3) is 5.56 Å². The molecule has 0 radical (unpaired) electrons. The lowest BCUT2D eigenvalue weighted by Gasteiger charge is -2.43. The maximum absolute atomic E-state index is 12.7. The molecule has 0 aromatic carbocycles. The van der Waals surface area contributed by atoms with E-state index in [1.807, 2.05) is 13.1 Å². The lowest BCUT2D eigenvalue weighted by molar-refractivity contribution is -0.132. The van der Waals surface area contributed by atoms with Crippen LogP contribution >= 0.6 is 0 Å². The van der Waals surface area contributed by atoms with Crippen LogP contribution in [-0.4, -0.2) is 61.5 Å². The fourth-order valence-corrected chi connectivity index (χ4v) is 5.89. The van der Waals surface area contributed by atoms with Gasteiger partial charge < -0.3 is 18.7 Å². The van der Waals surface area contributed by atoms with Crippen LogP contribution in [0.2, 0.25) is 36.3 Å². The second kappa shape index (κ2) is 9.83. The standard InChI is InChI=1S/C24H44N2O7Si2/c1-16(27)14-24(30)17(15-31-34(8,9)22(2,3)4)32-20(26-13-12-18(28)25-21(26)29)19(24)33-35(10,11)23(5,6)7/h12-13,17,19-20,30H,14-15H2,1-11H3,(H,25,28,29)/t17-,19+,20-,24+/m1/s1. The summed E-state index contributed by atoms with van der Waals surface area (Å²) < 4.78 is 20.6. The average Bonchev–Trinajstić information content (AvgIpc) is 2.89. The predicted octanol–water partition coefficient (Wildman–Crippen LogP) is 3.56. The van der Waals surface area contributed by atoms with Crippen LogP contribution in [0.25, 0.3) is 0 Å². The van der Waals surface area contributed by atoms with Gasteiger partial charge in [0.15, 0.2) is 22.9 Å². The highest BCUT2D eigenvalue weighted by Crippen LogP contribution is 2.47. The normalized spacial score (nSPS) is 26.2. The number of H-pyrrole nitrogens is 1. The molecule has 35 heavy (non-hydrogen) atoms. The molecule has 9 nitrogen and oxygen atoms in total. The monoisotopic (exact) mass is 528 g/mol. The van der Waals surface area contributed by atoms with Gasteiger partial charge in [-0.05, 0) is 43.2 Å². The van der Waals surface area contributed by atoms with E-state index in [1.54, 1.807) is 0 Å². The van der Waals surface area contributed by atoms with E-state index in [2.05, 4.69) is 59.6 Å². The third-order valence-corrected chi connectivity index (χ3v) is 16.9. The number of ketones is 1. The number of Topliss-reactive ketones (excluding diaryl/α,β-unsaturated/α-hetero) is 1. The van der Waals surface area contributed by atoms with Gasteiger partial charge in [0, 0.05) is 18.7 Å².